The Bertz CT molecular complexity index is 709. The van der Waals surface area contributed by atoms with Gasteiger partial charge < -0.3 is 9.47 Å². The number of nitrogens with zero attached hydrogens (tertiary/aromatic N) is 2. The molecule has 25 heavy (non-hydrogen) atoms. The summed E-state index contributed by atoms with van der Waals surface area (Å²) in [5.41, 5.74) is 2.21. The first-order valence-electron chi connectivity index (χ1n) is 8.62. The summed E-state index contributed by atoms with van der Waals surface area (Å²) < 4.78 is 2.15. The zero-order chi connectivity index (χ0) is 18.6. The van der Waals surface area contributed by atoms with Crippen LogP contribution in [0.15, 0.2) is 42.6 Å². The minimum absolute atomic E-state index is 0.0293. The van der Waals surface area contributed by atoms with Crippen molar-refractivity contribution in [2.45, 2.75) is 52.2 Å². The van der Waals surface area contributed by atoms with Gasteiger partial charge in [0.05, 0.1) is 6.54 Å². The molecule has 0 saturated heterocycles. The molecule has 0 spiro atoms. The largest absolute Gasteiger partial charge is 0.345 e. The number of carbonyl (C=O) groups is 1. The molecule has 0 unspecified atom stereocenters. The van der Waals surface area contributed by atoms with Gasteiger partial charge in [-0.1, -0.05) is 37.6 Å². The van der Waals surface area contributed by atoms with Gasteiger partial charge in [0.15, 0.2) is 0 Å². The fourth-order valence-corrected chi connectivity index (χ4v) is 3.10. The molecule has 136 valence electrons. The summed E-state index contributed by atoms with van der Waals surface area (Å²) in [7, 11) is 0. The van der Waals surface area contributed by atoms with Crippen molar-refractivity contribution in [3.05, 3.63) is 58.9 Å². The van der Waals surface area contributed by atoms with E-state index in [1.165, 1.54) is 0 Å². The molecule has 0 bridgehead atoms. The summed E-state index contributed by atoms with van der Waals surface area (Å²) in [6.45, 7) is 9.31. The number of carbonyl (C=O) groups excluding carboxylic acids is 1. The van der Waals surface area contributed by atoms with E-state index in [1.54, 1.807) is 6.92 Å². The van der Waals surface area contributed by atoms with E-state index in [0.717, 1.165) is 22.8 Å². The van der Waals surface area contributed by atoms with Crippen molar-refractivity contribution in [3.63, 3.8) is 0 Å². The molecule has 0 saturated carbocycles. The normalized spacial score (nSPS) is 13.7. The highest BCUT2D eigenvalue weighted by Crippen LogP contribution is 2.19. The summed E-state index contributed by atoms with van der Waals surface area (Å²) in [6, 6.07) is 12.0. The lowest BCUT2D eigenvalue weighted by atomic mass is 10.0. The van der Waals surface area contributed by atoms with Crippen LogP contribution >= 0.6 is 23.2 Å². The molecule has 0 aliphatic carbocycles. The van der Waals surface area contributed by atoms with Gasteiger partial charge in [0, 0.05) is 29.5 Å². The van der Waals surface area contributed by atoms with Crippen molar-refractivity contribution in [1.82, 2.24) is 9.47 Å². The lowest BCUT2D eigenvalue weighted by Gasteiger charge is -2.33. The molecule has 0 fully saturated rings. The van der Waals surface area contributed by atoms with E-state index >= 15 is 0 Å². The van der Waals surface area contributed by atoms with Gasteiger partial charge in [-0.05, 0) is 49.6 Å². The molecule has 3 nitrogen and oxygen atoms in total. The monoisotopic (exact) mass is 380 g/mol. The van der Waals surface area contributed by atoms with Crippen LogP contribution in [-0.2, 0) is 17.9 Å². The molecule has 0 N–H and O–H groups in total. The first-order chi connectivity index (χ1) is 11.8. The van der Waals surface area contributed by atoms with Gasteiger partial charge in [0.25, 0.3) is 0 Å². The number of amides is 1. The second kappa shape index (κ2) is 8.77. The summed E-state index contributed by atoms with van der Waals surface area (Å²) >= 11 is 12.2. The van der Waals surface area contributed by atoms with Crippen LogP contribution in [0.5, 0.6) is 0 Å². The van der Waals surface area contributed by atoms with Gasteiger partial charge in [-0.3, -0.25) is 4.79 Å². The van der Waals surface area contributed by atoms with E-state index in [0.29, 0.717) is 12.5 Å². The Kier molecular flexibility index (Phi) is 6.97. The van der Waals surface area contributed by atoms with Gasteiger partial charge in [0.1, 0.15) is 5.38 Å². The lowest BCUT2D eigenvalue weighted by molar-refractivity contribution is -0.134. The molecule has 2 aromatic rings. The third kappa shape index (κ3) is 5.26. The van der Waals surface area contributed by atoms with Crippen molar-refractivity contribution in [3.8, 4) is 0 Å². The molecule has 1 heterocycles. The third-order valence-electron chi connectivity index (χ3n) is 4.58. The van der Waals surface area contributed by atoms with Crippen molar-refractivity contribution in [2.75, 3.05) is 0 Å². The maximum absolute atomic E-state index is 12.6. The maximum atomic E-state index is 12.6. The number of hydrogen-bond donors (Lipinski definition) is 0. The van der Waals surface area contributed by atoms with Gasteiger partial charge >= 0.3 is 0 Å². The van der Waals surface area contributed by atoms with E-state index in [1.807, 2.05) is 35.4 Å². The predicted octanol–water partition coefficient (Wildman–Crippen LogP) is 5.19. The highest BCUT2D eigenvalue weighted by atomic mass is 35.5. The summed E-state index contributed by atoms with van der Waals surface area (Å²) in [5.74, 6) is 0.328. The Morgan fingerprint density at radius 1 is 1.16 bits per heavy atom. The third-order valence-corrected chi connectivity index (χ3v) is 5.00. The highest BCUT2D eigenvalue weighted by molar-refractivity contribution is 6.30. The zero-order valence-electron chi connectivity index (χ0n) is 15.2. The molecule has 0 aliphatic rings. The minimum Gasteiger partial charge on any atom is -0.345 e. The molecule has 5 heteroatoms. The molecule has 2 rings (SSSR count). The molecule has 1 aromatic carbocycles. The smallest absolute Gasteiger partial charge is 0.240 e. The van der Waals surface area contributed by atoms with Gasteiger partial charge in [-0.25, -0.2) is 0 Å². The first-order valence-corrected chi connectivity index (χ1v) is 9.44. The second-order valence-corrected chi connectivity index (χ2v) is 7.92. The molecular formula is C20H26Cl2N2O. The number of aromatic nitrogens is 1. The van der Waals surface area contributed by atoms with E-state index in [4.69, 9.17) is 23.2 Å². The Balaban J connectivity index is 2.23. The van der Waals surface area contributed by atoms with E-state index in [-0.39, 0.29) is 11.9 Å². The van der Waals surface area contributed by atoms with E-state index in [9.17, 15) is 4.79 Å². The number of hydrogen-bond acceptors (Lipinski definition) is 1. The number of benzene rings is 1. The molecular weight excluding hydrogens is 355 g/mol. The lowest BCUT2D eigenvalue weighted by Crippen LogP contribution is -2.44. The van der Waals surface area contributed by atoms with Gasteiger partial charge in [0.2, 0.25) is 5.91 Å². The number of halogens is 2. The number of alkyl halides is 1. The molecule has 0 radical (unpaired) electrons. The van der Waals surface area contributed by atoms with Crippen molar-refractivity contribution < 1.29 is 4.79 Å². The second-order valence-electron chi connectivity index (χ2n) is 6.82. The van der Waals surface area contributed by atoms with Crippen LogP contribution in [0.4, 0.5) is 0 Å². The molecule has 0 aliphatic heterocycles. The van der Waals surface area contributed by atoms with Crippen LogP contribution < -0.4 is 0 Å². The van der Waals surface area contributed by atoms with Crippen LogP contribution in [0.2, 0.25) is 5.02 Å². The molecule has 2 atom stereocenters. The zero-order valence-corrected chi connectivity index (χ0v) is 16.8. The first kappa shape index (κ1) is 19.9. The average molecular weight is 381 g/mol. The van der Waals surface area contributed by atoms with Gasteiger partial charge in [-0.15, -0.1) is 11.6 Å². The van der Waals surface area contributed by atoms with Crippen LogP contribution in [0.25, 0.3) is 0 Å². The fraction of sp³-hybridized carbons (Fsp3) is 0.450. The Labute approximate surface area is 160 Å². The van der Waals surface area contributed by atoms with Crippen LogP contribution in [0.3, 0.4) is 0 Å². The summed E-state index contributed by atoms with van der Waals surface area (Å²) in [6.07, 6.45) is 2.03. The standard InChI is InChI=1S/C20H26Cl2N2O/c1-14(2)16(4)24(20(25)15(3)21)13-19-9-6-10-23(19)12-17-7-5-8-18(22)11-17/h5-11,14-16H,12-13H2,1-4H3/t15-,16-/m1/s1. The fourth-order valence-electron chi connectivity index (χ4n) is 2.76. The van der Waals surface area contributed by atoms with Crippen LogP contribution in [0, 0.1) is 5.92 Å². The SMILES string of the molecule is CC(C)[C@@H](C)N(Cc1cccn1Cc1cccc(Cl)c1)C(=O)[C@@H](C)Cl. The maximum Gasteiger partial charge on any atom is 0.240 e. The topological polar surface area (TPSA) is 25.2 Å². The summed E-state index contributed by atoms with van der Waals surface area (Å²) in [4.78, 5) is 14.5. The van der Waals surface area contributed by atoms with E-state index < -0.39 is 5.38 Å². The van der Waals surface area contributed by atoms with E-state index in [2.05, 4.69) is 37.5 Å². The van der Waals surface area contributed by atoms with Gasteiger partial charge in [-0.2, -0.15) is 0 Å². The Morgan fingerprint density at radius 2 is 1.88 bits per heavy atom. The average Bonchev–Trinajstić information content (AvgIpc) is 2.98. The molecule has 1 aromatic heterocycles. The minimum atomic E-state index is -0.530. The number of rotatable bonds is 7. The Hall–Kier alpha value is -1.45. The van der Waals surface area contributed by atoms with Crippen molar-refractivity contribution in [1.29, 1.82) is 0 Å². The van der Waals surface area contributed by atoms with Crippen LogP contribution in [0.1, 0.15) is 39.0 Å². The van der Waals surface area contributed by atoms with Crippen molar-refractivity contribution >= 4 is 29.1 Å². The predicted molar refractivity (Wildman–Crippen MR) is 105 cm³/mol. The highest BCUT2D eigenvalue weighted by Gasteiger charge is 2.26. The molecule has 1 amide bonds. The quantitative estimate of drug-likeness (QED) is 0.606. The summed E-state index contributed by atoms with van der Waals surface area (Å²) in [5, 5.41) is 0.199. The van der Waals surface area contributed by atoms with Crippen LogP contribution in [-0.4, -0.2) is 26.8 Å². The van der Waals surface area contributed by atoms with Crippen molar-refractivity contribution in [2.24, 2.45) is 5.92 Å². The Morgan fingerprint density at radius 3 is 2.48 bits per heavy atom.